The van der Waals surface area contributed by atoms with E-state index in [1.165, 1.54) is 0 Å². The van der Waals surface area contributed by atoms with E-state index >= 15 is 0 Å². The first-order chi connectivity index (χ1) is 10.9. The summed E-state index contributed by atoms with van der Waals surface area (Å²) in [5, 5.41) is 12.2. The van der Waals surface area contributed by atoms with Crippen molar-refractivity contribution < 1.29 is 14.7 Å². The van der Waals surface area contributed by atoms with Gasteiger partial charge in [0.15, 0.2) is 0 Å². The van der Waals surface area contributed by atoms with Gasteiger partial charge < -0.3 is 15.0 Å². The van der Waals surface area contributed by atoms with Crippen molar-refractivity contribution in [3.05, 3.63) is 52.8 Å². The Hall–Kier alpha value is -2.82. The molecule has 5 heteroatoms. The summed E-state index contributed by atoms with van der Waals surface area (Å²) in [7, 11) is 0. The number of rotatable bonds is 3. The zero-order chi connectivity index (χ0) is 16.7. The molecule has 0 radical (unpaired) electrons. The molecule has 1 aromatic heterocycles. The highest BCUT2D eigenvalue weighted by Crippen LogP contribution is 2.34. The fourth-order valence-corrected chi connectivity index (χ4v) is 3.06. The van der Waals surface area contributed by atoms with Gasteiger partial charge in [0.1, 0.15) is 6.04 Å². The van der Waals surface area contributed by atoms with E-state index in [2.05, 4.69) is 5.32 Å². The Morgan fingerprint density at radius 1 is 1.30 bits per heavy atom. The molecule has 23 heavy (non-hydrogen) atoms. The van der Waals surface area contributed by atoms with Gasteiger partial charge in [-0.1, -0.05) is 18.2 Å². The Morgan fingerprint density at radius 3 is 2.70 bits per heavy atom. The Morgan fingerprint density at radius 2 is 2.00 bits per heavy atom. The maximum absolute atomic E-state index is 12.3. The van der Waals surface area contributed by atoms with E-state index < -0.39 is 12.0 Å². The second-order valence-corrected chi connectivity index (χ2v) is 5.80. The quantitative estimate of drug-likeness (QED) is 0.855. The molecule has 1 aliphatic heterocycles. The van der Waals surface area contributed by atoms with E-state index in [-0.39, 0.29) is 5.91 Å². The predicted molar refractivity (Wildman–Crippen MR) is 89.2 cm³/mol. The molecule has 2 heterocycles. The SMILES string of the molecule is Cc1cc(C)n(C(C)C(=O)O)c1C=C1C(=O)Nc2ccccc21. The van der Waals surface area contributed by atoms with Crippen LogP contribution in [-0.2, 0) is 9.59 Å². The molecule has 3 rings (SSSR count). The second-order valence-electron chi connectivity index (χ2n) is 5.80. The van der Waals surface area contributed by atoms with Crippen molar-refractivity contribution in [2.24, 2.45) is 0 Å². The minimum Gasteiger partial charge on any atom is -0.480 e. The van der Waals surface area contributed by atoms with Gasteiger partial charge in [-0.05, 0) is 44.5 Å². The zero-order valence-corrected chi connectivity index (χ0v) is 13.3. The molecule has 0 spiro atoms. The van der Waals surface area contributed by atoms with Gasteiger partial charge in [-0.15, -0.1) is 0 Å². The third kappa shape index (κ3) is 2.44. The molecule has 1 amide bonds. The van der Waals surface area contributed by atoms with E-state index in [0.717, 1.165) is 28.2 Å². The number of carbonyl (C=O) groups is 2. The first-order valence-electron chi connectivity index (χ1n) is 7.44. The van der Waals surface area contributed by atoms with E-state index in [1.807, 2.05) is 44.2 Å². The van der Waals surface area contributed by atoms with Gasteiger partial charge in [-0.25, -0.2) is 4.79 Å². The van der Waals surface area contributed by atoms with Gasteiger partial charge in [-0.2, -0.15) is 0 Å². The number of anilines is 1. The molecule has 1 aromatic carbocycles. The van der Waals surface area contributed by atoms with Gasteiger partial charge in [0.25, 0.3) is 5.91 Å². The number of aromatic nitrogens is 1. The van der Waals surface area contributed by atoms with Crippen LogP contribution >= 0.6 is 0 Å². The topological polar surface area (TPSA) is 71.3 Å². The molecule has 0 fully saturated rings. The summed E-state index contributed by atoms with van der Waals surface area (Å²) in [4.78, 5) is 23.7. The molecule has 1 unspecified atom stereocenters. The van der Waals surface area contributed by atoms with E-state index in [0.29, 0.717) is 5.57 Å². The molecular formula is C18H18N2O3. The van der Waals surface area contributed by atoms with Gasteiger partial charge in [-0.3, -0.25) is 4.79 Å². The summed E-state index contributed by atoms with van der Waals surface area (Å²) in [6, 6.07) is 8.72. The minimum atomic E-state index is -0.903. The highest BCUT2D eigenvalue weighted by molar-refractivity contribution is 6.34. The monoisotopic (exact) mass is 310 g/mol. The van der Waals surface area contributed by atoms with Gasteiger partial charge >= 0.3 is 5.97 Å². The second kappa shape index (κ2) is 5.43. The van der Waals surface area contributed by atoms with Crippen molar-refractivity contribution in [1.29, 1.82) is 0 Å². The molecule has 5 nitrogen and oxygen atoms in total. The van der Waals surface area contributed by atoms with E-state index in [9.17, 15) is 14.7 Å². The molecule has 1 aliphatic rings. The molecule has 0 saturated carbocycles. The van der Waals surface area contributed by atoms with E-state index in [4.69, 9.17) is 0 Å². The number of hydrogen-bond acceptors (Lipinski definition) is 2. The molecule has 1 atom stereocenters. The maximum atomic E-state index is 12.3. The number of nitrogens with one attached hydrogen (secondary N) is 1. The van der Waals surface area contributed by atoms with Crippen molar-refractivity contribution >= 4 is 29.2 Å². The van der Waals surface area contributed by atoms with Crippen LogP contribution in [0.1, 0.15) is 35.5 Å². The van der Waals surface area contributed by atoms with Gasteiger partial charge in [0, 0.05) is 22.6 Å². The summed E-state index contributed by atoms with van der Waals surface area (Å²) in [6.07, 6.45) is 1.78. The number of amides is 1. The third-order valence-electron chi connectivity index (χ3n) is 4.20. The Kier molecular flexibility index (Phi) is 3.56. The largest absolute Gasteiger partial charge is 0.480 e. The number of carbonyl (C=O) groups excluding carboxylic acids is 1. The number of para-hydroxylation sites is 1. The molecule has 2 N–H and O–H groups in total. The summed E-state index contributed by atoms with van der Waals surface area (Å²) >= 11 is 0. The maximum Gasteiger partial charge on any atom is 0.326 e. The van der Waals surface area contributed by atoms with Crippen molar-refractivity contribution in [3.63, 3.8) is 0 Å². The van der Waals surface area contributed by atoms with Crippen LogP contribution in [-0.4, -0.2) is 21.6 Å². The number of aliphatic carboxylic acids is 1. The summed E-state index contributed by atoms with van der Waals surface area (Å²) in [5.74, 6) is -1.07. The molecular weight excluding hydrogens is 292 g/mol. The Balaban J connectivity index is 2.17. The van der Waals surface area contributed by atoms with Crippen molar-refractivity contribution in [2.45, 2.75) is 26.8 Å². The van der Waals surface area contributed by atoms with Crippen LogP contribution in [0.2, 0.25) is 0 Å². The van der Waals surface area contributed by atoms with Crippen molar-refractivity contribution in [2.75, 3.05) is 5.32 Å². The normalized spacial score (nSPS) is 16.3. The fourth-order valence-electron chi connectivity index (χ4n) is 3.06. The van der Waals surface area contributed by atoms with Crippen LogP contribution in [0.3, 0.4) is 0 Å². The van der Waals surface area contributed by atoms with Crippen LogP contribution < -0.4 is 5.32 Å². The molecule has 0 saturated heterocycles. The molecule has 0 aliphatic carbocycles. The lowest BCUT2D eigenvalue weighted by Gasteiger charge is -2.15. The number of carboxylic acids is 1. The Bertz CT molecular complexity index is 846. The number of benzene rings is 1. The third-order valence-corrected chi connectivity index (χ3v) is 4.20. The smallest absolute Gasteiger partial charge is 0.326 e. The van der Waals surface area contributed by atoms with E-state index in [1.54, 1.807) is 17.6 Å². The number of fused-ring (bicyclic) bond motifs is 1. The fraction of sp³-hybridized carbons (Fsp3) is 0.222. The highest BCUT2D eigenvalue weighted by Gasteiger charge is 2.26. The zero-order valence-electron chi connectivity index (χ0n) is 13.3. The minimum absolute atomic E-state index is 0.168. The molecule has 0 bridgehead atoms. The highest BCUT2D eigenvalue weighted by atomic mass is 16.4. The standard InChI is InChI=1S/C18H18N2O3/c1-10-8-11(2)20(12(3)18(22)23)16(10)9-14-13-6-4-5-7-15(13)19-17(14)21/h4-9,12H,1-3H3,(H,19,21)(H,22,23). The average molecular weight is 310 g/mol. The average Bonchev–Trinajstić information content (AvgIpc) is 2.96. The molecule has 118 valence electrons. The van der Waals surface area contributed by atoms with Crippen LogP contribution in [0.15, 0.2) is 30.3 Å². The van der Waals surface area contributed by atoms with Gasteiger partial charge in [0.05, 0.1) is 5.57 Å². The predicted octanol–water partition coefficient (Wildman–Crippen LogP) is 3.24. The molecule has 2 aromatic rings. The van der Waals surface area contributed by atoms with Crippen molar-refractivity contribution in [3.8, 4) is 0 Å². The number of hydrogen-bond donors (Lipinski definition) is 2. The van der Waals surface area contributed by atoms with Crippen molar-refractivity contribution in [1.82, 2.24) is 4.57 Å². The van der Waals surface area contributed by atoms with Crippen LogP contribution in [0, 0.1) is 13.8 Å². The summed E-state index contributed by atoms with van der Waals surface area (Å²) in [5.41, 5.74) is 4.73. The lowest BCUT2D eigenvalue weighted by Crippen LogP contribution is -2.18. The lowest BCUT2D eigenvalue weighted by molar-refractivity contribution is -0.140. The number of nitrogens with zero attached hydrogens (tertiary/aromatic N) is 1. The lowest BCUT2D eigenvalue weighted by atomic mass is 10.1. The summed E-state index contributed by atoms with van der Waals surface area (Å²) < 4.78 is 1.75. The van der Waals surface area contributed by atoms with Crippen LogP contribution in [0.4, 0.5) is 5.69 Å². The Labute approximate surface area is 134 Å². The number of aryl methyl sites for hydroxylation is 2. The van der Waals surface area contributed by atoms with Gasteiger partial charge in [0.2, 0.25) is 0 Å². The first kappa shape index (κ1) is 15.1. The van der Waals surface area contributed by atoms with Crippen LogP contribution in [0.25, 0.3) is 11.6 Å². The first-order valence-corrected chi connectivity index (χ1v) is 7.44. The number of carboxylic acid groups (broad SMARTS) is 1. The van der Waals surface area contributed by atoms with Crippen LogP contribution in [0.5, 0.6) is 0 Å². The summed E-state index contributed by atoms with van der Waals surface area (Å²) in [6.45, 7) is 5.43.